The van der Waals surface area contributed by atoms with Crippen molar-refractivity contribution in [3.05, 3.63) is 16.1 Å². The average Bonchev–Trinajstić information content (AvgIpc) is 2.49. The number of hydrogen-bond acceptors (Lipinski definition) is 3. The molecule has 0 saturated heterocycles. The van der Waals surface area contributed by atoms with Gasteiger partial charge in [0, 0.05) is 11.8 Å². The molecule has 2 atom stereocenters. The molecule has 0 aliphatic carbocycles. The Balaban J connectivity index is 2.45. The van der Waals surface area contributed by atoms with Gasteiger partial charge in [0.15, 0.2) is 0 Å². The minimum absolute atomic E-state index is 0.263. The van der Waals surface area contributed by atoms with Crippen LogP contribution >= 0.6 is 11.3 Å². The molecular weight excluding hydrogens is 218 g/mol. The van der Waals surface area contributed by atoms with Crippen LogP contribution in [0.3, 0.4) is 0 Å². The van der Waals surface area contributed by atoms with Gasteiger partial charge in [-0.1, -0.05) is 27.7 Å². The maximum absolute atomic E-state index is 10.0. The molecule has 0 aliphatic heterocycles. The van der Waals surface area contributed by atoms with Crippen LogP contribution in [0.5, 0.6) is 0 Å². The number of hydrogen-bond donors (Lipinski definition) is 1. The van der Waals surface area contributed by atoms with E-state index in [-0.39, 0.29) is 11.5 Å². The third-order valence-corrected chi connectivity index (χ3v) is 4.04. The molecule has 16 heavy (non-hydrogen) atoms. The van der Waals surface area contributed by atoms with Crippen molar-refractivity contribution in [3.8, 4) is 0 Å². The minimum Gasteiger partial charge on any atom is -0.393 e. The van der Waals surface area contributed by atoms with Crippen molar-refractivity contribution in [2.45, 2.75) is 53.6 Å². The highest BCUT2D eigenvalue weighted by atomic mass is 32.1. The lowest BCUT2D eigenvalue weighted by Crippen LogP contribution is -2.24. The van der Waals surface area contributed by atoms with E-state index in [4.69, 9.17) is 0 Å². The van der Waals surface area contributed by atoms with Gasteiger partial charge in [-0.2, -0.15) is 0 Å². The molecule has 0 aromatic carbocycles. The summed E-state index contributed by atoms with van der Waals surface area (Å²) in [5.74, 6) is 0.516. The van der Waals surface area contributed by atoms with E-state index < -0.39 is 0 Å². The molecule has 1 heterocycles. The van der Waals surface area contributed by atoms with Crippen LogP contribution in [0.2, 0.25) is 0 Å². The summed E-state index contributed by atoms with van der Waals surface area (Å²) in [6.07, 6.45) is 1.26. The van der Waals surface area contributed by atoms with Gasteiger partial charge in [-0.05, 0) is 24.7 Å². The first-order chi connectivity index (χ1) is 7.29. The Kier molecular flexibility index (Phi) is 4.51. The first-order valence-corrected chi connectivity index (χ1v) is 6.76. The van der Waals surface area contributed by atoms with Crippen LogP contribution in [0, 0.1) is 18.3 Å². The zero-order valence-electron chi connectivity index (χ0n) is 10.9. The molecule has 1 aromatic heterocycles. The van der Waals surface area contributed by atoms with E-state index in [1.165, 1.54) is 0 Å². The van der Waals surface area contributed by atoms with Gasteiger partial charge in [0.2, 0.25) is 0 Å². The van der Waals surface area contributed by atoms with Crippen LogP contribution in [-0.2, 0) is 6.42 Å². The fraction of sp³-hybridized carbons (Fsp3) is 0.769. The van der Waals surface area contributed by atoms with Gasteiger partial charge in [-0.25, -0.2) is 4.98 Å². The van der Waals surface area contributed by atoms with Crippen LogP contribution in [0.15, 0.2) is 5.38 Å². The monoisotopic (exact) mass is 241 g/mol. The Morgan fingerprint density at radius 2 is 2.06 bits per heavy atom. The van der Waals surface area contributed by atoms with Gasteiger partial charge in [-0.15, -0.1) is 11.3 Å². The zero-order valence-corrected chi connectivity index (χ0v) is 11.8. The Hall–Kier alpha value is -0.410. The largest absolute Gasteiger partial charge is 0.393 e. The molecule has 0 amide bonds. The van der Waals surface area contributed by atoms with E-state index in [9.17, 15) is 5.11 Å². The third-order valence-electron chi connectivity index (χ3n) is 3.22. The number of aromatic nitrogens is 1. The summed E-state index contributed by atoms with van der Waals surface area (Å²) in [7, 11) is 0. The topological polar surface area (TPSA) is 33.1 Å². The average molecular weight is 241 g/mol. The quantitative estimate of drug-likeness (QED) is 0.876. The van der Waals surface area contributed by atoms with E-state index in [2.05, 4.69) is 32.7 Å². The van der Waals surface area contributed by atoms with Crippen molar-refractivity contribution in [1.29, 1.82) is 0 Å². The summed E-state index contributed by atoms with van der Waals surface area (Å²) in [4.78, 5) is 4.38. The summed E-state index contributed by atoms with van der Waals surface area (Å²) in [5.41, 5.74) is 1.29. The van der Waals surface area contributed by atoms with Gasteiger partial charge in [-0.3, -0.25) is 0 Å². The molecule has 0 spiro atoms. The standard InChI is InChI=1S/C13H23NOS/c1-9(13(3,4)5)6-12(15)7-11-8-16-10(2)14-11/h8-9,12,15H,6-7H2,1-5H3. The molecule has 2 nitrogen and oxygen atoms in total. The molecule has 0 aliphatic rings. The van der Waals surface area contributed by atoms with Gasteiger partial charge in [0.1, 0.15) is 0 Å². The fourth-order valence-electron chi connectivity index (χ4n) is 1.59. The Bertz CT molecular complexity index is 327. The number of aryl methyl sites for hydroxylation is 1. The van der Waals surface area contributed by atoms with Crippen LogP contribution in [0.1, 0.15) is 44.8 Å². The Labute approximate surface area is 103 Å². The molecule has 1 rings (SSSR count). The van der Waals surface area contributed by atoms with Crippen LogP contribution in [0.25, 0.3) is 0 Å². The lowest BCUT2D eigenvalue weighted by atomic mass is 9.78. The molecular formula is C13H23NOS. The lowest BCUT2D eigenvalue weighted by molar-refractivity contribution is 0.109. The SMILES string of the molecule is Cc1nc(CC(O)CC(C)C(C)(C)C)cs1. The Morgan fingerprint density at radius 1 is 1.44 bits per heavy atom. The minimum atomic E-state index is -0.268. The summed E-state index contributed by atoms with van der Waals surface area (Å²) >= 11 is 1.65. The third kappa shape index (κ3) is 4.22. The van der Waals surface area contributed by atoms with Gasteiger partial charge in [0.25, 0.3) is 0 Å². The number of thiazole rings is 1. The highest BCUT2D eigenvalue weighted by Gasteiger charge is 2.23. The smallest absolute Gasteiger partial charge is 0.0897 e. The van der Waals surface area contributed by atoms with Crippen molar-refractivity contribution < 1.29 is 5.11 Å². The van der Waals surface area contributed by atoms with E-state index in [0.717, 1.165) is 17.1 Å². The number of aliphatic hydroxyl groups excluding tert-OH is 1. The van der Waals surface area contributed by atoms with Gasteiger partial charge < -0.3 is 5.11 Å². The van der Waals surface area contributed by atoms with Crippen molar-refractivity contribution in [2.75, 3.05) is 0 Å². The maximum Gasteiger partial charge on any atom is 0.0897 e. The van der Waals surface area contributed by atoms with Crippen molar-refractivity contribution in [2.24, 2.45) is 11.3 Å². The molecule has 0 saturated carbocycles. The fourth-order valence-corrected chi connectivity index (χ4v) is 2.21. The Morgan fingerprint density at radius 3 is 2.50 bits per heavy atom. The molecule has 0 fully saturated rings. The zero-order chi connectivity index (χ0) is 12.3. The predicted molar refractivity (Wildman–Crippen MR) is 69.8 cm³/mol. The summed E-state index contributed by atoms with van der Waals surface area (Å²) < 4.78 is 0. The van der Waals surface area contributed by atoms with E-state index in [1.54, 1.807) is 11.3 Å². The summed E-state index contributed by atoms with van der Waals surface area (Å²) in [6, 6.07) is 0. The molecule has 3 heteroatoms. The normalized spacial score (nSPS) is 16.1. The number of rotatable bonds is 4. The molecule has 1 aromatic rings. The van der Waals surface area contributed by atoms with Crippen LogP contribution in [0.4, 0.5) is 0 Å². The second-order valence-corrected chi connectivity index (χ2v) is 6.78. The second-order valence-electron chi connectivity index (χ2n) is 5.72. The highest BCUT2D eigenvalue weighted by molar-refractivity contribution is 7.09. The van der Waals surface area contributed by atoms with E-state index >= 15 is 0 Å². The van der Waals surface area contributed by atoms with E-state index in [0.29, 0.717) is 12.3 Å². The highest BCUT2D eigenvalue weighted by Crippen LogP contribution is 2.29. The van der Waals surface area contributed by atoms with Crippen molar-refractivity contribution in [1.82, 2.24) is 4.98 Å². The van der Waals surface area contributed by atoms with Crippen molar-refractivity contribution in [3.63, 3.8) is 0 Å². The molecule has 1 N–H and O–H groups in total. The van der Waals surface area contributed by atoms with Crippen LogP contribution < -0.4 is 0 Å². The summed E-state index contributed by atoms with van der Waals surface area (Å²) in [5, 5.41) is 13.1. The summed E-state index contributed by atoms with van der Waals surface area (Å²) in [6.45, 7) is 10.9. The number of aliphatic hydroxyl groups is 1. The number of nitrogens with zero attached hydrogens (tertiary/aromatic N) is 1. The van der Waals surface area contributed by atoms with Gasteiger partial charge >= 0.3 is 0 Å². The second kappa shape index (κ2) is 5.28. The van der Waals surface area contributed by atoms with Gasteiger partial charge in [0.05, 0.1) is 16.8 Å². The maximum atomic E-state index is 10.0. The predicted octanol–water partition coefficient (Wildman–Crippen LogP) is 3.43. The van der Waals surface area contributed by atoms with Crippen LogP contribution in [-0.4, -0.2) is 16.2 Å². The molecule has 0 bridgehead atoms. The van der Waals surface area contributed by atoms with E-state index in [1.807, 2.05) is 12.3 Å². The first-order valence-electron chi connectivity index (χ1n) is 5.88. The first kappa shape index (κ1) is 13.7. The molecule has 2 unspecified atom stereocenters. The molecule has 92 valence electrons. The van der Waals surface area contributed by atoms with Crippen molar-refractivity contribution >= 4 is 11.3 Å². The lowest BCUT2D eigenvalue weighted by Gasteiger charge is -2.28. The molecule has 0 radical (unpaired) electrons.